The summed E-state index contributed by atoms with van der Waals surface area (Å²) in [5.41, 5.74) is 0. The Hall–Kier alpha value is -1.20. The maximum atomic E-state index is 11.9. The number of amides is 2. The lowest BCUT2D eigenvalue weighted by atomic mass is 10.3. The molecule has 0 aromatic carbocycles. The van der Waals surface area contributed by atoms with E-state index in [1.165, 1.54) is 14.0 Å². The molecule has 0 saturated carbocycles. The summed E-state index contributed by atoms with van der Waals surface area (Å²) in [6.07, 6.45) is -1.87. The van der Waals surface area contributed by atoms with Crippen LogP contribution in [0, 0.1) is 0 Å². The first-order chi connectivity index (χ1) is 6.93. The lowest BCUT2D eigenvalue weighted by Crippen LogP contribution is -2.32. The van der Waals surface area contributed by atoms with E-state index < -0.39 is 13.0 Å². The number of carbonyl (C=O) groups excluding carboxylic acids is 2. The minimum Gasteiger partial charge on any atom is -0.356 e. The molecule has 0 atom stereocenters. The average Bonchev–Trinajstić information content (AvgIpc) is 2.10. The van der Waals surface area contributed by atoms with Crippen LogP contribution in [0.4, 0.5) is 8.78 Å². The van der Waals surface area contributed by atoms with Gasteiger partial charge in [0.25, 0.3) is 6.43 Å². The number of hydrogen-bond acceptors (Lipinski definition) is 2. The van der Waals surface area contributed by atoms with E-state index in [-0.39, 0.29) is 18.2 Å². The summed E-state index contributed by atoms with van der Waals surface area (Å²) in [4.78, 5) is 22.7. The zero-order valence-corrected chi connectivity index (χ0v) is 8.93. The van der Waals surface area contributed by atoms with E-state index in [1.807, 2.05) is 0 Å². The van der Waals surface area contributed by atoms with Crippen LogP contribution in [0.15, 0.2) is 0 Å². The molecule has 1 N–H and O–H groups in total. The predicted octanol–water partition coefficient (Wildman–Crippen LogP) is 0.626. The summed E-state index contributed by atoms with van der Waals surface area (Å²) >= 11 is 0. The van der Waals surface area contributed by atoms with Crippen LogP contribution in [0.5, 0.6) is 0 Å². The fourth-order valence-corrected chi connectivity index (χ4v) is 1.00. The van der Waals surface area contributed by atoms with Crippen molar-refractivity contribution in [3.8, 4) is 0 Å². The van der Waals surface area contributed by atoms with E-state index in [4.69, 9.17) is 0 Å². The monoisotopic (exact) mass is 222 g/mol. The smallest absolute Gasteiger partial charge is 0.255 e. The van der Waals surface area contributed by atoms with Gasteiger partial charge < -0.3 is 10.2 Å². The topological polar surface area (TPSA) is 49.4 Å². The van der Waals surface area contributed by atoms with Crippen molar-refractivity contribution in [1.29, 1.82) is 0 Å². The fourth-order valence-electron chi connectivity index (χ4n) is 1.00. The lowest BCUT2D eigenvalue weighted by molar-refractivity contribution is -0.131. The van der Waals surface area contributed by atoms with Crippen molar-refractivity contribution in [2.75, 3.05) is 20.1 Å². The van der Waals surface area contributed by atoms with Crippen LogP contribution < -0.4 is 5.32 Å². The van der Waals surface area contributed by atoms with Crippen LogP contribution >= 0.6 is 0 Å². The molecule has 0 aromatic heterocycles. The third-order valence-corrected chi connectivity index (χ3v) is 1.78. The first-order valence-corrected chi connectivity index (χ1v) is 4.70. The van der Waals surface area contributed by atoms with Crippen molar-refractivity contribution < 1.29 is 18.4 Å². The zero-order chi connectivity index (χ0) is 11.8. The van der Waals surface area contributed by atoms with Gasteiger partial charge in [-0.3, -0.25) is 9.59 Å². The Bertz CT molecular complexity index is 222. The summed E-state index contributed by atoms with van der Waals surface area (Å²) in [6, 6.07) is 0. The SMILES string of the molecule is CC(=O)NCCCC(=O)N(C)CC(F)F. The number of rotatable bonds is 6. The third-order valence-electron chi connectivity index (χ3n) is 1.78. The summed E-state index contributed by atoms with van der Waals surface area (Å²) in [7, 11) is 1.34. The summed E-state index contributed by atoms with van der Waals surface area (Å²) in [5.74, 6) is -0.496. The molecule has 0 saturated heterocycles. The molecule has 0 rings (SSSR count). The molecule has 0 fully saturated rings. The van der Waals surface area contributed by atoms with Gasteiger partial charge in [-0.05, 0) is 6.42 Å². The van der Waals surface area contributed by atoms with Crippen LogP contribution in [0.1, 0.15) is 19.8 Å². The predicted molar refractivity (Wildman–Crippen MR) is 51.6 cm³/mol. The standard InChI is InChI=1S/C9H16F2N2O2/c1-7(14)12-5-3-4-9(15)13(2)6-8(10)11/h8H,3-6H2,1-2H3,(H,12,14). The lowest BCUT2D eigenvalue weighted by Gasteiger charge is -2.16. The summed E-state index contributed by atoms with van der Waals surface area (Å²) < 4.78 is 23.8. The highest BCUT2D eigenvalue weighted by molar-refractivity contribution is 5.76. The number of alkyl halides is 2. The van der Waals surface area contributed by atoms with Crippen molar-refractivity contribution in [1.82, 2.24) is 10.2 Å². The van der Waals surface area contributed by atoms with E-state index in [0.717, 1.165) is 4.90 Å². The van der Waals surface area contributed by atoms with E-state index in [0.29, 0.717) is 13.0 Å². The van der Waals surface area contributed by atoms with Crippen LogP contribution in [-0.2, 0) is 9.59 Å². The highest BCUT2D eigenvalue weighted by Gasteiger charge is 2.13. The van der Waals surface area contributed by atoms with E-state index in [9.17, 15) is 18.4 Å². The van der Waals surface area contributed by atoms with E-state index >= 15 is 0 Å². The molecule has 0 aliphatic heterocycles. The van der Waals surface area contributed by atoms with Crippen LogP contribution in [0.25, 0.3) is 0 Å². The molecule has 0 unspecified atom stereocenters. The second-order valence-electron chi connectivity index (χ2n) is 3.25. The van der Waals surface area contributed by atoms with Crippen molar-refractivity contribution in [3.05, 3.63) is 0 Å². The first-order valence-electron chi connectivity index (χ1n) is 4.70. The molecular formula is C9H16F2N2O2. The van der Waals surface area contributed by atoms with Crippen LogP contribution in [-0.4, -0.2) is 43.3 Å². The molecule has 2 amide bonds. The molecule has 6 heteroatoms. The highest BCUT2D eigenvalue weighted by atomic mass is 19.3. The Balaban J connectivity index is 3.60. The molecule has 88 valence electrons. The van der Waals surface area contributed by atoms with E-state index in [2.05, 4.69) is 5.32 Å². The largest absolute Gasteiger partial charge is 0.356 e. The van der Waals surface area contributed by atoms with Crippen molar-refractivity contribution in [2.24, 2.45) is 0 Å². The Morgan fingerprint density at radius 3 is 2.47 bits per heavy atom. The van der Waals surface area contributed by atoms with E-state index in [1.54, 1.807) is 0 Å². The van der Waals surface area contributed by atoms with Gasteiger partial charge in [-0.25, -0.2) is 8.78 Å². The molecule has 0 spiro atoms. The molecule has 0 aromatic rings. The highest BCUT2D eigenvalue weighted by Crippen LogP contribution is 1.99. The number of nitrogens with one attached hydrogen (secondary N) is 1. The molecule has 0 aliphatic carbocycles. The van der Waals surface area contributed by atoms with Crippen molar-refractivity contribution in [3.63, 3.8) is 0 Å². The molecule has 4 nitrogen and oxygen atoms in total. The number of hydrogen-bond donors (Lipinski definition) is 1. The maximum absolute atomic E-state index is 11.9. The van der Waals surface area contributed by atoms with Gasteiger partial charge >= 0.3 is 0 Å². The minimum absolute atomic E-state index is 0.164. The van der Waals surface area contributed by atoms with Gasteiger partial charge in [-0.15, -0.1) is 0 Å². The second kappa shape index (κ2) is 7.14. The number of halogens is 2. The van der Waals surface area contributed by atoms with Gasteiger partial charge in [-0.1, -0.05) is 0 Å². The van der Waals surface area contributed by atoms with Gasteiger partial charge in [0.15, 0.2) is 0 Å². The van der Waals surface area contributed by atoms with Gasteiger partial charge in [0.2, 0.25) is 11.8 Å². The molecule has 0 bridgehead atoms. The van der Waals surface area contributed by atoms with Gasteiger partial charge in [0.1, 0.15) is 0 Å². The molecule has 15 heavy (non-hydrogen) atoms. The van der Waals surface area contributed by atoms with Gasteiger partial charge in [-0.2, -0.15) is 0 Å². The molecular weight excluding hydrogens is 206 g/mol. The third kappa shape index (κ3) is 7.84. The quantitative estimate of drug-likeness (QED) is 0.670. The fraction of sp³-hybridized carbons (Fsp3) is 0.778. The van der Waals surface area contributed by atoms with Crippen molar-refractivity contribution in [2.45, 2.75) is 26.2 Å². The van der Waals surface area contributed by atoms with Gasteiger partial charge in [0, 0.05) is 26.9 Å². The Morgan fingerprint density at radius 2 is 2.00 bits per heavy atom. The van der Waals surface area contributed by atoms with Crippen LogP contribution in [0.3, 0.4) is 0 Å². The first kappa shape index (κ1) is 13.8. The van der Waals surface area contributed by atoms with Crippen LogP contribution in [0.2, 0.25) is 0 Å². The average molecular weight is 222 g/mol. The number of nitrogens with zero attached hydrogens (tertiary/aromatic N) is 1. The Labute approximate surface area is 87.6 Å². The normalized spacial score (nSPS) is 10.2. The van der Waals surface area contributed by atoms with Gasteiger partial charge in [0.05, 0.1) is 6.54 Å². The van der Waals surface area contributed by atoms with Crippen molar-refractivity contribution >= 4 is 11.8 Å². The minimum atomic E-state index is -2.51. The molecule has 0 radical (unpaired) electrons. The maximum Gasteiger partial charge on any atom is 0.255 e. The molecule has 0 aliphatic rings. The Kier molecular flexibility index (Phi) is 6.57. The zero-order valence-electron chi connectivity index (χ0n) is 8.93. The second-order valence-corrected chi connectivity index (χ2v) is 3.25. The summed E-state index contributed by atoms with van der Waals surface area (Å²) in [5, 5.41) is 2.52. The summed E-state index contributed by atoms with van der Waals surface area (Å²) in [6.45, 7) is 1.23. The number of carbonyl (C=O) groups is 2. The molecule has 0 heterocycles. The Morgan fingerprint density at radius 1 is 1.40 bits per heavy atom.